The van der Waals surface area contributed by atoms with E-state index in [1.165, 1.54) is 11.3 Å². The molecule has 0 bridgehead atoms. The zero-order chi connectivity index (χ0) is 19.0. The van der Waals surface area contributed by atoms with Crippen LogP contribution in [-0.4, -0.2) is 34.8 Å². The third-order valence-electron chi connectivity index (χ3n) is 4.43. The first-order chi connectivity index (χ1) is 11.5. The molecule has 0 saturated carbocycles. The molecule has 2 N–H and O–H groups in total. The highest BCUT2D eigenvalue weighted by Crippen LogP contribution is 2.35. The maximum absolute atomic E-state index is 12.7. The molecule has 0 radical (unpaired) electrons. The molecule has 2 unspecified atom stereocenters. The van der Waals surface area contributed by atoms with E-state index in [2.05, 4.69) is 32.6 Å². The Morgan fingerprint density at radius 1 is 1.52 bits per heavy atom. The van der Waals surface area contributed by atoms with Crippen molar-refractivity contribution in [1.29, 1.82) is 5.26 Å². The van der Waals surface area contributed by atoms with Crippen molar-refractivity contribution >= 4 is 45.1 Å². The summed E-state index contributed by atoms with van der Waals surface area (Å²) in [7, 11) is 0. The predicted octanol–water partition coefficient (Wildman–Crippen LogP) is 2.33. The molecule has 1 aromatic rings. The molecule has 1 aliphatic heterocycles. The number of amides is 4. The molecule has 4 amide bonds. The molecule has 0 aromatic carbocycles. The summed E-state index contributed by atoms with van der Waals surface area (Å²) in [5.41, 5.74) is -2.27. The van der Waals surface area contributed by atoms with Crippen LogP contribution in [0.1, 0.15) is 32.6 Å². The van der Waals surface area contributed by atoms with E-state index >= 15 is 0 Å². The molecule has 134 valence electrons. The molecular weight excluding hydrogens is 408 g/mol. The van der Waals surface area contributed by atoms with Gasteiger partial charge in [0, 0.05) is 4.88 Å². The number of hydrogen-bond acceptors (Lipinski definition) is 5. The van der Waals surface area contributed by atoms with Crippen molar-refractivity contribution in [1.82, 2.24) is 15.5 Å². The summed E-state index contributed by atoms with van der Waals surface area (Å²) < 4.78 is 0.837. The van der Waals surface area contributed by atoms with Crippen molar-refractivity contribution in [2.45, 2.75) is 38.8 Å². The molecule has 0 aliphatic carbocycles. The molecule has 25 heavy (non-hydrogen) atoms. The summed E-state index contributed by atoms with van der Waals surface area (Å²) in [6.45, 7) is 6.40. The fraction of sp³-hybridized carbons (Fsp3) is 0.500. The predicted molar refractivity (Wildman–Crippen MR) is 96.6 cm³/mol. The lowest BCUT2D eigenvalue weighted by Crippen LogP contribution is -2.52. The molecule has 0 spiro atoms. The average molecular weight is 427 g/mol. The first kappa shape index (κ1) is 19.4. The van der Waals surface area contributed by atoms with Crippen LogP contribution in [0.4, 0.5) is 4.79 Å². The average Bonchev–Trinajstić information content (AvgIpc) is 3.05. The lowest BCUT2D eigenvalue weighted by atomic mass is 9.90. The SMILES string of the molecule is CC(C)C(C)(C#N)NC(=O)CN1C(=O)NC(C)(c2ccc(Br)s2)C1=O. The van der Waals surface area contributed by atoms with Gasteiger partial charge in [-0.05, 0) is 47.8 Å². The van der Waals surface area contributed by atoms with E-state index in [1.807, 2.05) is 13.8 Å². The van der Waals surface area contributed by atoms with Gasteiger partial charge in [-0.2, -0.15) is 5.26 Å². The molecule has 2 heterocycles. The summed E-state index contributed by atoms with van der Waals surface area (Å²) in [4.78, 5) is 38.8. The standard InChI is InChI=1S/C16H19BrN4O3S/c1-9(2)15(3,8-18)19-12(22)7-21-13(23)16(4,20-14(21)24)10-5-6-11(17)25-10/h5-6,9H,7H2,1-4H3,(H,19,22)(H,20,24). The van der Waals surface area contributed by atoms with Gasteiger partial charge in [0.1, 0.15) is 12.1 Å². The van der Waals surface area contributed by atoms with Gasteiger partial charge in [-0.15, -0.1) is 11.3 Å². The highest BCUT2D eigenvalue weighted by atomic mass is 79.9. The molecule has 2 rings (SSSR count). The van der Waals surface area contributed by atoms with Crippen LogP contribution in [0.2, 0.25) is 0 Å². The molecule has 7 nitrogen and oxygen atoms in total. The minimum absolute atomic E-state index is 0.127. The van der Waals surface area contributed by atoms with Crippen LogP contribution in [0, 0.1) is 17.2 Å². The second kappa shape index (κ2) is 6.77. The minimum atomic E-state index is -1.20. The van der Waals surface area contributed by atoms with E-state index in [-0.39, 0.29) is 5.92 Å². The lowest BCUT2D eigenvalue weighted by molar-refractivity contribution is -0.135. The summed E-state index contributed by atoms with van der Waals surface area (Å²) in [6, 6.07) is 4.98. The van der Waals surface area contributed by atoms with Crippen LogP contribution in [0.5, 0.6) is 0 Å². The van der Waals surface area contributed by atoms with Crippen LogP contribution in [-0.2, 0) is 15.1 Å². The Bertz CT molecular complexity index is 772. The third-order valence-corrected chi connectivity index (χ3v) is 6.27. The van der Waals surface area contributed by atoms with Gasteiger partial charge in [-0.1, -0.05) is 13.8 Å². The Morgan fingerprint density at radius 3 is 2.64 bits per heavy atom. The van der Waals surface area contributed by atoms with Gasteiger partial charge < -0.3 is 10.6 Å². The first-order valence-electron chi connectivity index (χ1n) is 7.65. The lowest BCUT2D eigenvalue weighted by Gasteiger charge is -2.28. The second-order valence-electron chi connectivity index (χ2n) is 6.57. The van der Waals surface area contributed by atoms with Gasteiger partial charge in [0.25, 0.3) is 5.91 Å². The topological polar surface area (TPSA) is 102 Å². The van der Waals surface area contributed by atoms with Crippen LogP contribution in [0.15, 0.2) is 15.9 Å². The largest absolute Gasteiger partial charge is 0.336 e. The van der Waals surface area contributed by atoms with Gasteiger partial charge >= 0.3 is 6.03 Å². The normalized spacial score (nSPS) is 22.5. The van der Waals surface area contributed by atoms with Crippen molar-refractivity contribution in [3.63, 3.8) is 0 Å². The smallest absolute Gasteiger partial charge is 0.325 e. The third kappa shape index (κ3) is 3.55. The molecule has 1 saturated heterocycles. The van der Waals surface area contributed by atoms with Crippen molar-refractivity contribution in [2.24, 2.45) is 5.92 Å². The Kier molecular flexibility index (Phi) is 5.25. The number of halogens is 1. The number of carbonyl (C=O) groups excluding carboxylic acids is 3. The maximum Gasteiger partial charge on any atom is 0.325 e. The van der Waals surface area contributed by atoms with Crippen LogP contribution in [0.3, 0.4) is 0 Å². The van der Waals surface area contributed by atoms with E-state index in [0.717, 1.165) is 8.69 Å². The minimum Gasteiger partial charge on any atom is -0.336 e. The first-order valence-corrected chi connectivity index (χ1v) is 9.26. The van der Waals surface area contributed by atoms with Gasteiger partial charge in [-0.25, -0.2) is 4.79 Å². The quantitative estimate of drug-likeness (QED) is 0.705. The number of urea groups is 1. The number of rotatable bonds is 5. The van der Waals surface area contributed by atoms with Crippen LogP contribution < -0.4 is 10.6 Å². The van der Waals surface area contributed by atoms with Gasteiger partial charge in [0.2, 0.25) is 5.91 Å². The Morgan fingerprint density at radius 2 is 2.16 bits per heavy atom. The van der Waals surface area contributed by atoms with E-state index in [9.17, 15) is 19.6 Å². The summed E-state index contributed by atoms with van der Waals surface area (Å²) >= 11 is 4.67. The van der Waals surface area contributed by atoms with Gasteiger partial charge in [0.05, 0.1) is 9.86 Å². The highest BCUT2D eigenvalue weighted by Gasteiger charge is 2.50. The molecule has 2 atom stereocenters. The number of imide groups is 1. The molecule has 1 fully saturated rings. The fourth-order valence-corrected chi connectivity index (χ4v) is 3.84. The van der Waals surface area contributed by atoms with Crippen molar-refractivity contribution < 1.29 is 14.4 Å². The van der Waals surface area contributed by atoms with Gasteiger partial charge in [0.15, 0.2) is 5.54 Å². The number of hydrogen-bond donors (Lipinski definition) is 2. The second-order valence-corrected chi connectivity index (χ2v) is 9.03. The zero-order valence-corrected chi connectivity index (χ0v) is 16.7. The van der Waals surface area contributed by atoms with Crippen molar-refractivity contribution in [3.8, 4) is 6.07 Å². The Labute approximate surface area is 158 Å². The summed E-state index contributed by atoms with van der Waals surface area (Å²) in [5.74, 6) is -1.18. The number of nitriles is 1. The number of nitrogens with one attached hydrogen (secondary N) is 2. The monoisotopic (exact) mass is 426 g/mol. The highest BCUT2D eigenvalue weighted by molar-refractivity contribution is 9.11. The van der Waals surface area contributed by atoms with E-state index in [1.54, 1.807) is 26.0 Å². The Balaban J connectivity index is 2.16. The maximum atomic E-state index is 12.7. The van der Waals surface area contributed by atoms with Crippen molar-refractivity contribution in [2.75, 3.05) is 6.54 Å². The summed E-state index contributed by atoms with van der Waals surface area (Å²) in [5, 5.41) is 14.5. The fourth-order valence-electron chi connectivity index (χ4n) is 2.36. The van der Waals surface area contributed by atoms with E-state index in [4.69, 9.17) is 0 Å². The molecule has 1 aliphatic rings. The van der Waals surface area contributed by atoms with Gasteiger partial charge in [-0.3, -0.25) is 14.5 Å². The van der Waals surface area contributed by atoms with Crippen LogP contribution >= 0.6 is 27.3 Å². The van der Waals surface area contributed by atoms with E-state index in [0.29, 0.717) is 4.88 Å². The number of nitrogens with zero attached hydrogens (tertiary/aromatic N) is 2. The summed E-state index contributed by atoms with van der Waals surface area (Å²) in [6.07, 6.45) is 0. The number of carbonyl (C=O) groups is 3. The Hall–Kier alpha value is -1.92. The molecule has 9 heteroatoms. The molecule has 1 aromatic heterocycles. The van der Waals surface area contributed by atoms with Crippen molar-refractivity contribution in [3.05, 3.63) is 20.8 Å². The van der Waals surface area contributed by atoms with Crippen LogP contribution in [0.25, 0.3) is 0 Å². The molecular formula is C16H19BrN4O3S. The number of thiophene rings is 1. The van der Waals surface area contributed by atoms with E-state index < -0.39 is 35.5 Å². The zero-order valence-electron chi connectivity index (χ0n) is 14.3.